The highest BCUT2D eigenvalue weighted by Gasteiger charge is 1.82. The maximum Gasteiger partial charge on any atom is 0.211 e. The van der Waals surface area contributed by atoms with Crippen molar-refractivity contribution in [1.82, 2.24) is 5.32 Å². The van der Waals surface area contributed by atoms with E-state index in [4.69, 9.17) is 0 Å². The smallest absolute Gasteiger partial charge is 0.211 e. The van der Waals surface area contributed by atoms with Crippen molar-refractivity contribution < 1.29 is 4.79 Å². The average molecular weight is 137 g/mol. The van der Waals surface area contributed by atoms with Crippen molar-refractivity contribution in [3.8, 4) is 0 Å². The quantitative estimate of drug-likeness (QED) is 0.460. The zero-order chi connectivity index (χ0) is 7.82. The highest BCUT2D eigenvalue weighted by molar-refractivity contribution is 5.51. The molecule has 0 aliphatic heterocycles. The maximum atomic E-state index is 9.93. The lowest BCUT2D eigenvalue weighted by molar-refractivity contribution is -0.108. The number of carbonyl (C=O) groups is 1. The normalized spacial score (nSPS) is 11.5. The van der Waals surface area contributed by atoms with Crippen LogP contribution in [0.1, 0.15) is 6.92 Å². The van der Waals surface area contributed by atoms with Crippen LogP contribution < -0.4 is 5.32 Å². The summed E-state index contributed by atoms with van der Waals surface area (Å²) < 4.78 is 0. The van der Waals surface area contributed by atoms with E-state index in [0.717, 1.165) is 5.70 Å². The van der Waals surface area contributed by atoms with Gasteiger partial charge in [-0.3, -0.25) is 4.79 Å². The molecule has 0 unspecified atom stereocenters. The largest absolute Gasteiger partial charge is 0.329 e. The zero-order valence-electron chi connectivity index (χ0n) is 6.00. The summed E-state index contributed by atoms with van der Waals surface area (Å²) in [4.78, 5) is 9.93. The molecule has 0 fully saturated rings. The van der Waals surface area contributed by atoms with Crippen LogP contribution in [0.5, 0.6) is 0 Å². The van der Waals surface area contributed by atoms with E-state index in [2.05, 4.69) is 11.9 Å². The van der Waals surface area contributed by atoms with Gasteiger partial charge in [0.1, 0.15) is 0 Å². The van der Waals surface area contributed by atoms with E-state index in [0.29, 0.717) is 6.41 Å². The molecule has 0 aliphatic carbocycles. The van der Waals surface area contributed by atoms with Crippen LogP contribution in [-0.4, -0.2) is 6.41 Å². The Hall–Kier alpha value is -1.31. The number of hydrogen-bond acceptors (Lipinski definition) is 1. The third-order valence-electron chi connectivity index (χ3n) is 0.948. The molecule has 0 atom stereocenters. The molecule has 2 nitrogen and oxygen atoms in total. The third-order valence-corrected chi connectivity index (χ3v) is 0.948. The molecule has 0 bridgehead atoms. The summed E-state index contributed by atoms with van der Waals surface area (Å²) in [7, 11) is 0. The second-order valence-electron chi connectivity index (χ2n) is 1.60. The Morgan fingerprint density at radius 1 is 1.60 bits per heavy atom. The predicted octanol–water partition coefficient (Wildman–Crippen LogP) is 1.38. The van der Waals surface area contributed by atoms with Crippen LogP contribution in [0.25, 0.3) is 0 Å². The minimum atomic E-state index is 0.642. The molecule has 54 valence electrons. The Kier molecular flexibility index (Phi) is 5.06. The molecule has 0 aliphatic rings. The first-order valence-corrected chi connectivity index (χ1v) is 3.00. The van der Waals surface area contributed by atoms with Gasteiger partial charge in [-0.1, -0.05) is 24.8 Å². The van der Waals surface area contributed by atoms with E-state index in [1.54, 1.807) is 24.3 Å². The molecule has 0 aromatic carbocycles. The molecule has 2 heteroatoms. The second-order valence-corrected chi connectivity index (χ2v) is 1.60. The highest BCUT2D eigenvalue weighted by atomic mass is 16.1. The van der Waals surface area contributed by atoms with Crippen molar-refractivity contribution in [2.75, 3.05) is 0 Å². The number of amides is 1. The fourth-order valence-electron chi connectivity index (χ4n) is 0.467. The van der Waals surface area contributed by atoms with Crippen molar-refractivity contribution in [3.63, 3.8) is 0 Å². The summed E-state index contributed by atoms with van der Waals surface area (Å²) in [5, 5.41) is 2.51. The van der Waals surface area contributed by atoms with E-state index in [1.807, 2.05) is 6.92 Å². The Morgan fingerprint density at radius 2 is 2.30 bits per heavy atom. The van der Waals surface area contributed by atoms with E-state index >= 15 is 0 Å². The van der Waals surface area contributed by atoms with E-state index in [9.17, 15) is 4.79 Å². The fourth-order valence-corrected chi connectivity index (χ4v) is 0.467. The van der Waals surface area contributed by atoms with Crippen LogP contribution >= 0.6 is 0 Å². The van der Waals surface area contributed by atoms with E-state index < -0.39 is 0 Å². The van der Waals surface area contributed by atoms with Crippen LogP contribution in [0.3, 0.4) is 0 Å². The minimum absolute atomic E-state index is 0.642. The monoisotopic (exact) mass is 137 g/mol. The molecule has 0 heterocycles. The molecule has 0 saturated heterocycles. The molecule has 0 spiro atoms. The summed E-state index contributed by atoms with van der Waals surface area (Å²) in [5.41, 5.74) is 0.773. The Bertz CT molecular complexity index is 168. The van der Waals surface area contributed by atoms with Crippen LogP contribution in [-0.2, 0) is 4.79 Å². The lowest BCUT2D eigenvalue weighted by Crippen LogP contribution is -2.07. The van der Waals surface area contributed by atoms with Crippen molar-refractivity contribution in [2.24, 2.45) is 0 Å². The van der Waals surface area contributed by atoms with Gasteiger partial charge in [-0.2, -0.15) is 0 Å². The molecule has 0 radical (unpaired) electrons. The Morgan fingerprint density at radius 3 is 2.70 bits per heavy atom. The molecular weight excluding hydrogens is 126 g/mol. The van der Waals surface area contributed by atoms with Crippen molar-refractivity contribution >= 4 is 6.41 Å². The SMILES string of the molecule is C=C/C=C\C(=C/C)NC=O. The summed E-state index contributed by atoms with van der Waals surface area (Å²) in [6, 6.07) is 0. The lowest BCUT2D eigenvalue weighted by Gasteiger charge is -1.94. The van der Waals surface area contributed by atoms with Crippen molar-refractivity contribution in [2.45, 2.75) is 6.92 Å². The molecule has 0 rings (SSSR count). The van der Waals surface area contributed by atoms with Crippen molar-refractivity contribution in [1.29, 1.82) is 0 Å². The third kappa shape index (κ3) is 3.66. The van der Waals surface area contributed by atoms with Crippen LogP contribution in [0.4, 0.5) is 0 Å². The van der Waals surface area contributed by atoms with Gasteiger partial charge in [0.25, 0.3) is 0 Å². The topological polar surface area (TPSA) is 29.1 Å². The highest BCUT2D eigenvalue weighted by Crippen LogP contribution is 1.89. The Labute approximate surface area is 60.9 Å². The number of hydrogen-bond donors (Lipinski definition) is 1. The van der Waals surface area contributed by atoms with Crippen LogP contribution in [0, 0.1) is 0 Å². The minimum Gasteiger partial charge on any atom is -0.329 e. The average Bonchev–Trinajstić information content (AvgIpc) is 1.98. The first-order chi connectivity index (χ1) is 4.85. The van der Waals surface area contributed by atoms with Crippen LogP contribution in [0.2, 0.25) is 0 Å². The van der Waals surface area contributed by atoms with Gasteiger partial charge in [-0.25, -0.2) is 0 Å². The van der Waals surface area contributed by atoms with Crippen molar-refractivity contribution in [3.05, 3.63) is 36.6 Å². The fraction of sp³-hybridized carbons (Fsp3) is 0.125. The number of allylic oxidation sites excluding steroid dienone is 4. The van der Waals surface area contributed by atoms with Gasteiger partial charge in [-0.05, 0) is 13.0 Å². The molecule has 1 amide bonds. The summed E-state index contributed by atoms with van der Waals surface area (Å²) >= 11 is 0. The van der Waals surface area contributed by atoms with Gasteiger partial charge in [-0.15, -0.1) is 0 Å². The van der Waals surface area contributed by atoms with Gasteiger partial charge in [0.15, 0.2) is 0 Å². The van der Waals surface area contributed by atoms with Gasteiger partial charge < -0.3 is 5.32 Å². The van der Waals surface area contributed by atoms with Gasteiger partial charge in [0.05, 0.1) is 0 Å². The Balaban J connectivity index is 3.95. The first-order valence-electron chi connectivity index (χ1n) is 3.00. The van der Waals surface area contributed by atoms with Crippen LogP contribution in [0.15, 0.2) is 36.6 Å². The van der Waals surface area contributed by atoms with Gasteiger partial charge in [0.2, 0.25) is 6.41 Å². The molecule has 0 aromatic heterocycles. The molecular formula is C8H11NO. The molecule has 10 heavy (non-hydrogen) atoms. The summed E-state index contributed by atoms with van der Waals surface area (Å²) in [5.74, 6) is 0. The maximum absolute atomic E-state index is 9.93. The molecule has 0 aromatic rings. The number of nitrogens with one attached hydrogen (secondary N) is 1. The summed E-state index contributed by atoms with van der Waals surface area (Å²) in [6.07, 6.45) is 7.61. The first kappa shape index (κ1) is 8.69. The second kappa shape index (κ2) is 5.82. The number of rotatable bonds is 4. The van der Waals surface area contributed by atoms with E-state index in [1.165, 1.54) is 0 Å². The molecule has 0 saturated carbocycles. The van der Waals surface area contributed by atoms with Gasteiger partial charge >= 0.3 is 0 Å². The van der Waals surface area contributed by atoms with E-state index in [-0.39, 0.29) is 0 Å². The van der Waals surface area contributed by atoms with Gasteiger partial charge in [0, 0.05) is 5.70 Å². The zero-order valence-corrected chi connectivity index (χ0v) is 6.00. The molecule has 1 N–H and O–H groups in total. The standard InChI is InChI=1S/C8H11NO/c1-3-5-6-8(4-2)9-7-10/h3-7H,1H2,2H3,(H,9,10)/b6-5-,8-4+. The summed E-state index contributed by atoms with van der Waals surface area (Å²) in [6.45, 7) is 5.34. The number of carbonyl (C=O) groups excluding carboxylic acids is 1. The predicted molar refractivity (Wildman–Crippen MR) is 42.3 cm³/mol. The lowest BCUT2D eigenvalue weighted by atomic mass is 10.3.